The highest BCUT2D eigenvalue weighted by atomic mass is 79.9. The Labute approximate surface area is 115 Å². The van der Waals surface area contributed by atoms with Gasteiger partial charge in [0.1, 0.15) is 6.29 Å². The van der Waals surface area contributed by atoms with Crippen molar-refractivity contribution < 1.29 is 19.0 Å². The highest BCUT2D eigenvalue weighted by molar-refractivity contribution is 9.10. The van der Waals surface area contributed by atoms with Crippen LogP contribution in [-0.4, -0.2) is 33.2 Å². The van der Waals surface area contributed by atoms with E-state index in [4.69, 9.17) is 14.2 Å². The molecule has 5 heteroatoms. The number of rotatable bonds is 8. The van der Waals surface area contributed by atoms with Gasteiger partial charge in [-0.2, -0.15) is 0 Å². The summed E-state index contributed by atoms with van der Waals surface area (Å²) in [7, 11) is 1.65. The number of ether oxygens (including phenoxy) is 3. The summed E-state index contributed by atoms with van der Waals surface area (Å²) < 4.78 is 16.8. The molecule has 0 bridgehead atoms. The summed E-state index contributed by atoms with van der Waals surface area (Å²) in [5.74, 6) is 1.20. The molecule has 0 heterocycles. The van der Waals surface area contributed by atoms with Crippen LogP contribution in [0.15, 0.2) is 16.6 Å². The predicted molar refractivity (Wildman–Crippen MR) is 72.7 cm³/mol. The normalized spacial score (nSPS) is 10.2. The van der Waals surface area contributed by atoms with Gasteiger partial charge in [0.25, 0.3) is 0 Å². The molecule has 4 nitrogen and oxygen atoms in total. The molecule has 0 aliphatic heterocycles. The highest BCUT2D eigenvalue weighted by Gasteiger charge is 2.11. The fourth-order valence-electron chi connectivity index (χ4n) is 1.44. The van der Waals surface area contributed by atoms with Gasteiger partial charge >= 0.3 is 0 Å². The molecule has 0 N–H and O–H groups in total. The second kappa shape index (κ2) is 8.11. The molecule has 100 valence electrons. The molecular weight excluding hydrogens is 300 g/mol. The van der Waals surface area contributed by atoms with E-state index in [2.05, 4.69) is 15.9 Å². The second-order valence-corrected chi connectivity index (χ2v) is 4.43. The van der Waals surface area contributed by atoms with Crippen molar-refractivity contribution in [2.45, 2.75) is 13.3 Å². The SMILES string of the molecule is CCOc1cc(C=O)cc(Br)c1OCCCOC. The minimum Gasteiger partial charge on any atom is -0.490 e. The van der Waals surface area contributed by atoms with Crippen molar-refractivity contribution >= 4 is 22.2 Å². The third-order valence-corrected chi connectivity index (χ3v) is 2.80. The third-order valence-electron chi connectivity index (χ3n) is 2.21. The molecule has 0 saturated heterocycles. The number of benzene rings is 1. The molecule has 0 saturated carbocycles. The van der Waals surface area contributed by atoms with E-state index in [9.17, 15) is 4.79 Å². The van der Waals surface area contributed by atoms with E-state index in [0.29, 0.717) is 41.4 Å². The smallest absolute Gasteiger partial charge is 0.175 e. The van der Waals surface area contributed by atoms with Gasteiger partial charge in [-0.05, 0) is 35.0 Å². The second-order valence-electron chi connectivity index (χ2n) is 3.58. The Morgan fingerprint density at radius 1 is 1.28 bits per heavy atom. The maximum atomic E-state index is 10.8. The van der Waals surface area contributed by atoms with Crippen LogP contribution >= 0.6 is 15.9 Å². The molecule has 0 atom stereocenters. The molecule has 0 aliphatic carbocycles. The van der Waals surface area contributed by atoms with Gasteiger partial charge in [-0.25, -0.2) is 0 Å². The third kappa shape index (κ3) is 4.31. The van der Waals surface area contributed by atoms with Crippen molar-refractivity contribution in [2.24, 2.45) is 0 Å². The van der Waals surface area contributed by atoms with Gasteiger partial charge in [-0.15, -0.1) is 0 Å². The van der Waals surface area contributed by atoms with Crippen LogP contribution in [0.5, 0.6) is 11.5 Å². The molecule has 1 rings (SSSR count). The van der Waals surface area contributed by atoms with Gasteiger partial charge in [-0.1, -0.05) is 0 Å². The summed E-state index contributed by atoms with van der Waals surface area (Å²) in [5, 5.41) is 0. The number of aldehydes is 1. The maximum Gasteiger partial charge on any atom is 0.175 e. The van der Waals surface area contributed by atoms with Crippen LogP contribution in [0.3, 0.4) is 0 Å². The zero-order chi connectivity index (χ0) is 13.4. The van der Waals surface area contributed by atoms with Gasteiger partial charge in [0.05, 0.1) is 17.7 Å². The number of hydrogen-bond acceptors (Lipinski definition) is 4. The minimum atomic E-state index is 0.517. The molecule has 1 aromatic carbocycles. The van der Waals surface area contributed by atoms with Crippen LogP contribution in [0.4, 0.5) is 0 Å². The molecule has 0 spiro atoms. The summed E-state index contributed by atoms with van der Waals surface area (Å²) in [4.78, 5) is 10.8. The predicted octanol–water partition coefficient (Wildman–Crippen LogP) is 3.08. The maximum absolute atomic E-state index is 10.8. The number of carbonyl (C=O) groups excluding carboxylic acids is 1. The van der Waals surface area contributed by atoms with E-state index in [-0.39, 0.29) is 0 Å². The lowest BCUT2D eigenvalue weighted by atomic mass is 10.2. The average molecular weight is 317 g/mol. The zero-order valence-electron chi connectivity index (χ0n) is 10.6. The Bertz CT molecular complexity index is 393. The monoisotopic (exact) mass is 316 g/mol. The zero-order valence-corrected chi connectivity index (χ0v) is 12.2. The van der Waals surface area contributed by atoms with Crippen molar-refractivity contribution in [3.05, 3.63) is 22.2 Å². The highest BCUT2D eigenvalue weighted by Crippen LogP contribution is 2.36. The topological polar surface area (TPSA) is 44.8 Å². The quantitative estimate of drug-likeness (QED) is 0.546. The molecule has 0 radical (unpaired) electrons. The lowest BCUT2D eigenvalue weighted by Crippen LogP contribution is -2.04. The van der Waals surface area contributed by atoms with Crippen LogP contribution < -0.4 is 9.47 Å². The molecule has 0 aliphatic rings. The van der Waals surface area contributed by atoms with Gasteiger partial charge in [-0.3, -0.25) is 4.79 Å². The molecular formula is C13H17BrO4. The fourth-order valence-corrected chi connectivity index (χ4v) is 2.01. The number of carbonyl (C=O) groups is 1. The van der Waals surface area contributed by atoms with E-state index in [1.807, 2.05) is 6.92 Å². The van der Waals surface area contributed by atoms with Crippen LogP contribution in [0.2, 0.25) is 0 Å². The summed E-state index contributed by atoms with van der Waals surface area (Å²) >= 11 is 3.38. The summed E-state index contributed by atoms with van der Waals surface area (Å²) in [5.41, 5.74) is 0.551. The molecule has 0 aromatic heterocycles. The first kappa shape index (κ1) is 15.0. The van der Waals surface area contributed by atoms with E-state index >= 15 is 0 Å². The Kier molecular flexibility index (Phi) is 6.75. The minimum absolute atomic E-state index is 0.517. The average Bonchev–Trinajstić information content (AvgIpc) is 2.37. The van der Waals surface area contributed by atoms with Crippen molar-refractivity contribution in [2.75, 3.05) is 26.9 Å². The van der Waals surface area contributed by atoms with E-state index < -0.39 is 0 Å². The Morgan fingerprint density at radius 3 is 2.67 bits per heavy atom. The Balaban J connectivity index is 2.82. The van der Waals surface area contributed by atoms with E-state index in [1.54, 1.807) is 19.2 Å². The standard InChI is InChI=1S/C13H17BrO4/c1-3-17-12-8-10(9-15)7-11(14)13(12)18-6-4-5-16-2/h7-9H,3-6H2,1-2H3. The molecule has 0 unspecified atom stereocenters. The molecule has 0 amide bonds. The van der Waals surface area contributed by atoms with Gasteiger partial charge in [0.15, 0.2) is 11.5 Å². The lowest BCUT2D eigenvalue weighted by Gasteiger charge is -2.14. The molecule has 1 aromatic rings. The fraction of sp³-hybridized carbons (Fsp3) is 0.462. The first-order chi connectivity index (χ1) is 8.72. The van der Waals surface area contributed by atoms with Crippen molar-refractivity contribution in [1.29, 1.82) is 0 Å². The summed E-state index contributed by atoms with van der Waals surface area (Å²) in [6.07, 6.45) is 1.58. The Hall–Kier alpha value is -1.07. The Morgan fingerprint density at radius 2 is 2.06 bits per heavy atom. The van der Waals surface area contributed by atoms with Crippen LogP contribution in [-0.2, 0) is 4.74 Å². The van der Waals surface area contributed by atoms with Crippen molar-refractivity contribution in [3.63, 3.8) is 0 Å². The van der Waals surface area contributed by atoms with Crippen molar-refractivity contribution in [1.82, 2.24) is 0 Å². The number of hydrogen-bond donors (Lipinski definition) is 0. The number of halogens is 1. The van der Waals surface area contributed by atoms with E-state index in [1.165, 1.54) is 0 Å². The lowest BCUT2D eigenvalue weighted by molar-refractivity contribution is 0.112. The first-order valence-corrected chi connectivity index (χ1v) is 6.55. The van der Waals surface area contributed by atoms with Gasteiger partial charge < -0.3 is 14.2 Å². The first-order valence-electron chi connectivity index (χ1n) is 5.76. The number of methoxy groups -OCH3 is 1. The van der Waals surface area contributed by atoms with Gasteiger partial charge in [0.2, 0.25) is 0 Å². The van der Waals surface area contributed by atoms with Crippen molar-refractivity contribution in [3.8, 4) is 11.5 Å². The van der Waals surface area contributed by atoms with E-state index in [0.717, 1.165) is 12.7 Å². The summed E-state index contributed by atoms with van der Waals surface area (Å²) in [6.45, 7) is 3.58. The molecule has 18 heavy (non-hydrogen) atoms. The van der Waals surface area contributed by atoms with Crippen LogP contribution in [0.25, 0.3) is 0 Å². The molecule has 0 fully saturated rings. The van der Waals surface area contributed by atoms with Gasteiger partial charge in [0, 0.05) is 25.7 Å². The summed E-state index contributed by atoms with van der Waals surface area (Å²) in [6, 6.07) is 3.38. The van der Waals surface area contributed by atoms with Crippen LogP contribution in [0, 0.1) is 0 Å². The largest absolute Gasteiger partial charge is 0.490 e. The van der Waals surface area contributed by atoms with Crippen LogP contribution in [0.1, 0.15) is 23.7 Å².